The molecular weight excluding hydrogens is 250 g/mol. The predicted molar refractivity (Wildman–Crippen MR) is 72.0 cm³/mol. The van der Waals surface area contributed by atoms with Gasteiger partial charge in [-0.1, -0.05) is 11.6 Å². The van der Waals surface area contributed by atoms with E-state index in [9.17, 15) is 5.11 Å². The van der Waals surface area contributed by atoms with E-state index in [-0.39, 0.29) is 0 Å². The standard InChI is InChI=1S/C14H20ClNO2/c15-11-5-7-14(8-6-11)18-10-13(17)9-16-12-3-1-2-4-12/h5-8,12-13,16-17H,1-4,9-10H2/p+1/t13-/m0/s1. The second-order valence-corrected chi connectivity index (χ2v) is 5.37. The second-order valence-electron chi connectivity index (χ2n) is 4.93. The molecule has 1 atom stereocenters. The van der Waals surface area contributed by atoms with Crippen LogP contribution in [-0.2, 0) is 0 Å². The van der Waals surface area contributed by atoms with Crippen LogP contribution in [0.5, 0.6) is 5.75 Å². The van der Waals surface area contributed by atoms with Gasteiger partial charge in [0.1, 0.15) is 25.0 Å². The molecule has 1 aromatic rings. The first kappa shape index (κ1) is 13.7. The van der Waals surface area contributed by atoms with Crippen molar-refractivity contribution >= 4 is 11.6 Å². The maximum absolute atomic E-state index is 9.84. The van der Waals surface area contributed by atoms with Gasteiger partial charge >= 0.3 is 0 Å². The maximum Gasteiger partial charge on any atom is 0.137 e. The van der Waals surface area contributed by atoms with Crippen LogP contribution in [0.2, 0.25) is 5.02 Å². The zero-order valence-electron chi connectivity index (χ0n) is 10.5. The largest absolute Gasteiger partial charge is 0.491 e. The summed E-state index contributed by atoms with van der Waals surface area (Å²) in [5.74, 6) is 0.749. The van der Waals surface area contributed by atoms with Crippen LogP contribution in [0.1, 0.15) is 25.7 Å². The molecule has 0 bridgehead atoms. The first-order valence-corrected chi connectivity index (χ1v) is 7.01. The molecule has 1 aliphatic carbocycles. The number of quaternary nitrogens is 1. The molecule has 0 unspecified atom stereocenters. The van der Waals surface area contributed by atoms with E-state index < -0.39 is 6.10 Å². The van der Waals surface area contributed by atoms with Crippen LogP contribution in [0, 0.1) is 0 Å². The van der Waals surface area contributed by atoms with Crippen LogP contribution in [-0.4, -0.2) is 30.4 Å². The highest BCUT2D eigenvalue weighted by Gasteiger charge is 2.19. The number of rotatable bonds is 6. The molecule has 18 heavy (non-hydrogen) atoms. The topological polar surface area (TPSA) is 46.1 Å². The fraction of sp³-hybridized carbons (Fsp3) is 0.571. The van der Waals surface area contributed by atoms with Gasteiger partial charge in [0.15, 0.2) is 0 Å². The molecule has 0 aromatic heterocycles. The third-order valence-corrected chi connectivity index (χ3v) is 3.65. The molecule has 0 radical (unpaired) electrons. The molecular formula is C14H21ClNO2+. The Bertz CT molecular complexity index is 349. The summed E-state index contributed by atoms with van der Waals surface area (Å²) in [7, 11) is 0. The Morgan fingerprint density at radius 1 is 1.28 bits per heavy atom. The number of halogens is 1. The van der Waals surface area contributed by atoms with Gasteiger partial charge in [-0.05, 0) is 49.9 Å². The third-order valence-electron chi connectivity index (χ3n) is 3.40. The molecule has 2 rings (SSSR count). The van der Waals surface area contributed by atoms with Crippen LogP contribution in [0.25, 0.3) is 0 Å². The van der Waals surface area contributed by atoms with Crippen molar-refractivity contribution in [2.45, 2.75) is 37.8 Å². The third kappa shape index (κ3) is 4.48. The number of benzene rings is 1. The van der Waals surface area contributed by atoms with Gasteiger partial charge in [-0.2, -0.15) is 0 Å². The van der Waals surface area contributed by atoms with Gasteiger partial charge in [-0.3, -0.25) is 0 Å². The molecule has 3 nitrogen and oxygen atoms in total. The molecule has 0 saturated heterocycles. The van der Waals surface area contributed by atoms with E-state index in [4.69, 9.17) is 16.3 Å². The molecule has 0 heterocycles. The van der Waals surface area contributed by atoms with E-state index in [1.165, 1.54) is 25.7 Å². The van der Waals surface area contributed by atoms with Crippen LogP contribution in [0.4, 0.5) is 0 Å². The number of aliphatic hydroxyl groups excluding tert-OH is 1. The van der Waals surface area contributed by atoms with Crippen molar-refractivity contribution in [3.8, 4) is 5.75 Å². The summed E-state index contributed by atoms with van der Waals surface area (Å²) in [6, 6.07) is 7.91. The highest BCUT2D eigenvalue weighted by Crippen LogP contribution is 2.16. The van der Waals surface area contributed by atoms with Gasteiger partial charge in [0.25, 0.3) is 0 Å². The maximum atomic E-state index is 9.84. The lowest BCUT2D eigenvalue weighted by Gasteiger charge is -2.14. The zero-order chi connectivity index (χ0) is 12.8. The van der Waals surface area contributed by atoms with Crippen LogP contribution < -0.4 is 10.1 Å². The van der Waals surface area contributed by atoms with E-state index in [0.29, 0.717) is 17.7 Å². The molecule has 3 N–H and O–H groups in total. The lowest BCUT2D eigenvalue weighted by atomic mass is 10.2. The summed E-state index contributed by atoms with van der Waals surface area (Å²) >= 11 is 5.79. The highest BCUT2D eigenvalue weighted by molar-refractivity contribution is 6.30. The van der Waals surface area contributed by atoms with E-state index in [0.717, 1.165) is 12.3 Å². The summed E-state index contributed by atoms with van der Waals surface area (Å²) in [4.78, 5) is 0. The van der Waals surface area contributed by atoms with Crippen molar-refractivity contribution < 1.29 is 15.2 Å². The molecule has 1 aliphatic rings. The molecule has 1 aromatic carbocycles. The Balaban J connectivity index is 1.64. The smallest absolute Gasteiger partial charge is 0.137 e. The van der Waals surface area contributed by atoms with Gasteiger partial charge in [-0.25, -0.2) is 0 Å². The van der Waals surface area contributed by atoms with Crippen molar-refractivity contribution in [2.75, 3.05) is 13.2 Å². The van der Waals surface area contributed by atoms with Crippen LogP contribution >= 0.6 is 11.6 Å². The zero-order valence-corrected chi connectivity index (χ0v) is 11.3. The minimum Gasteiger partial charge on any atom is -0.491 e. The van der Waals surface area contributed by atoms with Gasteiger partial charge in [0.05, 0.1) is 6.04 Å². The number of hydrogen-bond acceptors (Lipinski definition) is 2. The Morgan fingerprint density at radius 3 is 2.61 bits per heavy atom. The molecule has 0 aliphatic heterocycles. The monoisotopic (exact) mass is 270 g/mol. The molecule has 0 spiro atoms. The Morgan fingerprint density at radius 2 is 1.94 bits per heavy atom. The fourth-order valence-corrected chi connectivity index (χ4v) is 2.46. The highest BCUT2D eigenvalue weighted by atomic mass is 35.5. The van der Waals surface area contributed by atoms with Crippen molar-refractivity contribution in [2.24, 2.45) is 0 Å². The van der Waals surface area contributed by atoms with Gasteiger partial charge in [0.2, 0.25) is 0 Å². The molecule has 1 fully saturated rings. The first-order valence-electron chi connectivity index (χ1n) is 6.64. The summed E-state index contributed by atoms with van der Waals surface area (Å²) < 4.78 is 5.51. The summed E-state index contributed by atoms with van der Waals surface area (Å²) in [5, 5.41) is 12.8. The van der Waals surface area contributed by atoms with Gasteiger partial charge in [-0.15, -0.1) is 0 Å². The Hall–Kier alpha value is -0.770. The molecule has 4 heteroatoms. The van der Waals surface area contributed by atoms with E-state index in [2.05, 4.69) is 5.32 Å². The van der Waals surface area contributed by atoms with Gasteiger partial charge in [0, 0.05) is 5.02 Å². The van der Waals surface area contributed by atoms with Crippen LogP contribution in [0.15, 0.2) is 24.3 Å². The van der Waals surface area contributed by atoms with Crippen LogP contribution in [0.3, 0.4) is 0 Å². The predicted octanol–water partition coefficient (Wildman–Crippen LogP) is 1.59. The lowest BCUT2D eigenvalue weighted by molar-refractivity contribution is -0.693. The van der Waals surface area contributed by atoms with Crippen molar-refractivity contribution in [3.63, 3.8) is 0 Å². The molecule has 100 valence electrons. The normalized spacial score (nSPS) is 17.9. The minimum atomic E-state index is -0.415. The lowest BCUT2D eigenvalue weighted by Crippen LogP contribution is -2.91. The molecule has 0 amide bonds. The average Bonchev–Trinajstić information content (AvgIpc) is 2.89. The van der Waals surface area contributed by atoms with E-state index in [1.54, 1.807) is 12.1 Å². The number of nitrogens with two attached hydrogens (primary N) is 1. The SMILES string of the molecule is O[C@@H](C[NH2+]C1CCCC1)COc1ccc(Cl)cc1. The number of ether oxygens (including phenoxy) is 1. The van der Waals surface area contributed by atoms with Crippen molar-refractivity contribution in [1.29, 1.82) is 0 Å². The Labute approximate surface area is 113 Å². The number of hydrogen-bond donors (Lipinski definition) is 2. The van der Waals surface area contributed by atoms with Crippen molar-refractivity contribution in [1.82, 2.24) is 0 Å². The molecule has 1 saturated carbocycles. The summed E-state index contributed by atoms with van der Waals surface area (Å²) in [6.07, 6.45) is 4.81. The number of aliphatic hydroxyl groups is 1. The van der Waals surface area contributed by atoms with Crippen molar-refractivity contribution in [3.05, 3.63) is 29.3 Å². The first-order chi connectivity index (χ1) is 8.74. The quantitative estimate of drug-likeness (QED) is 0.825. The second kappa shape index (κ2) is 6.98. The summed E-state index contributed by atoms with van der Waals surface area (Å²) in [5.41, 5.74) is 0. The van der Waals surface area contributed by atoms with Gasteiger partial charge < -0.3 is 15.2 Å². The summed E-state index contributed by atoms with van der Waals surface area (Å²) in [6.45, 7) is 1.06. The minimum absolute atomic E-state index is 0.338. The Kier molecular flexibility index (Phi) is 5.29. The van der Waals surface area contributed by atoms with E-state index >= 15 is 0 Å². The average molecular weight is 271 g/mol. The fourth-order valence-electron chi connectivity index (χ4n) is 2.33. The van der Waals surface area contributed by atoms with E-state index in [1.807, 2.05) is 12.1 Å².